The molecule has 2 aliphatic heterocycles. The van der Waals surface area contributed by atoms with Crippen LogP contribution in [0.15, 0.2) is 30.9 Å². The number of fused-ring (bicyclic) bond motifs is 1. The Morgan fingerprint density at radius 1 is 1.43 bits per heavy atom. The molecule has 1 saturated heterocycles. The molecule has 1 aromatic carbocycles. The van der Waals surface area contributed by atoms with Gasteiger partial charge in [-0.05, 0) is 43.9 Å². The monoisotopic (exact) mass is 421 g/mol. The predicted molar refractivity (Wildman–Crippen MR) is 108 cm³/mol. The van der Waals surface area contributed by atoms with Gasteiger partial charge >= 0.3 is 12.1 Å². The van der Waals surface area contributed by atoms with Crippen molar-refractivity contribution in [1.29, 1.82) is 0 Å². The van der Waals surface area contributed by atoms with Crippen LogP contribution < -0.4 is 10.6 Å². The fourth-order valence-corrected chi connectivity index (χ4v) is 3.37. The zero-order chi connectivity index (χ0) is 22.1. The van der Waals surface area contributed by atoms with Gasteiger partial charge in [0.25, 0.3) is 0 Å². The van der Waals surface area contributed by atoms with E-state index in [2.05, 4.69) is 21.9 Å². The number of carboxylic acid groups (broad SMARTS) is 1. The van der Waals surface area contributed by atoms with Crippen molar-refractivity contribution >= 4 is 18.0 Å². The predicted octanol–water partition coefficient (Wildman–Crippen LogP) is 2.18. The second-order valence-electron chi connectivity index (χ2n) is 7.12. The number of carbonyl (C=O) groups excluding carboxylic acids is 2. The lowest BCUT2D eigenvalue weighted by molar-refractivity contribution is -0.145. The standard InChI is InChI=1S/C12H20N2O3.C9H8FNO2/c1-3-4-6-10(12(16)17-2)14-11(15)9-7-5-8-13-9;10-8-3-1-2-6-4-11(9(12)13)5-7(6)8/h3,9-10,13H,1,4-8H2,2H3,(H,14,15);1-3H,4-5H2,(H,12,13). The highest BCUT2D eigenvalue weighted by Gasteiger charge is 2.27. The molecule has 0 spiro atoms. The molecule has 2 unspecified atom stereocenters. The number of nitrogens with zero attached hydrogens (tertiary/aromatic N) is 1. The van der Waals surface area contributed by atoms with E-state index in [-0.39, 0.29) is 24.3 Å². The molecule has 9 heteroatoms. The second-order valence-corrected chi connectivity index (χ2v) is 7.12. The summed E-state index contributed by atoms with van der Waals surface area (Å²) in [5.74, 6) is -0.846. The molecule has 3 N–H and O–H groups in total. The van der Waals surface area contributed by atoms with Gasteiger partial charge in [0.15, 0.2) is 0 Å². The molecule has 2 amide bonds. The topological polar surface area (TPSA) is 108 Å². The molecule has 164 valence electrons. The smallest absolute Gasteiger partial charge is 0.407 e. The summed E-state index contributed by atoms with van der Waals surface area (Å²) in [6.45, 7) is 4.91. The summed E-state index contributed by atoms with van der Waals surface area (Å²) in [6, 6.07) is 3.95. The summed E-state index contributed by atoms with van der Waals surface area (Å²) < 4.78 is 17.8. The molecule has 8 nitrogen and oxygen atoms in total. The number of hydrogen-bond acceptors (Lipinski definition) is 5. The zero-order valence-electron chi connectivity index (χ0n) is 17.0. The van der Waals surface area contributed by atoms with Crippen molar-refractivity contribution in [2.45, 2.75) is 50.9 Å². The first-order valence-electron chi connectivity index (χ1n) is 9.84. The highest BCUT2D eigenvalue weighted by molar-refractivity contribution is 5.87. The first-order chi connectivity index (χ1) is 14.4. The number of rotatable bonds is 6. The van der Waals surface area contributed by atoms with Gasteiger partial charge in [0.2, 0.25) is 5.91 Å². The van der Waals surface area contributed by atoms with Crippen LogP contribution >= 0.6 is 0 Å². The molecule has 0 aliphatic carbocycles. The van der Waals surface area contributed by atoms with E-state index in [0.29, 0.717) is 24.9 Å². The molecular formula is C21H28FN3O5. The number of hydrogen-bond donors (Lipinski definition) is 3. The molecule has 0 aromatic heterocycles. The number of ether oxygens (including phenoxy) is 1. The normalized spacial score (nSPS) is 17.9. The van der Waals surface area contributed by atoms with Crippen LogP contribution in [0.2, 0.25) is 0 Å². The van der Waals surface area contributed by atoms with E-state index >= 15 is 0 Å². The number of carbonyl (C=O) groups is 3. The van der Waals surface area contributed by atoms with Crippen LogP contribution in [-0.4, -0.2) is 53.7 Å². The number of amides is 2. The van der Waals surface area contributed by atoms with Gasteiger partial charge in [-0.25, -0.2) is 14.0 Å². The maximum Gasteiger partial charge on any atom is 0.407 e. The van der Waals surface area contributed by atoms with E-state index in [0.717, 1.165) is 24.9 Å². The van der Waals surface area contributed by atoms with Crippen molar-refractivity contribution < 1.29 is 28.6 Å². The van der Waals surface area contributed by atoms with Crippen LogP contribution in [-0.2, 0) is 27.4 Å². The number of nitrogens with one attached hydrogen (secondary N) is 2. The Kier molecular flexibility index (Phi) is 8.79. The van der Waals surface area contributed by atoms with E-state index in [9.17, 15) is 18.8 Å². The van der Waals surface area contributed by atoms with Crippen LogP contribution in [0.1, 0.15) is 36.8 Å². The largest absolute Gasteiger partial charge is 0.467 e. The lowest BCUT2D eigenvalue weighted by Crippen LogP contribution is -2.48. The number of allylic oxidation sites excluding steroid dienone is 1. The molecule has 0 radical (unpaired) electrons. The van der Waals surface area contributed by atoms with Gasteiger partial charge in [0.1, 0.15) is 11.9 Å². The molecule has 30 heavy (non-hydrogen) atoms. The molecule has 0 bridgehead atoms. The van der Waals surface area contributed by atoms with Gasteiger partial charge in [0.05, 0.1) is 19.7 Å². The second kappa shape index (κ2) is 11.3. The van der Waals surface area contributed by atoms with Crippen LogP contribution in [0.25, 0.3) is 0 Å². The minimum atomic E-state index is -1.00. The quantitative estimate of drug-likeness (QED) is 0.480. The fourth-order valence-electron chi connectivity index (χ4n) is 3.37. The maximum atomic E-state index is 13.1. The molecule has 2 heterocycles. The van der Waals surface area contributed by atoms with Crippen molar-refractivity contribution in [3.63, 3.8) is 0 Å². The van der Waals surface area contributed by atoms with Gasteiger partial charge < -0.3 is 20.5 Å². The number of esters is 1. The molecule has 3 rings (SSSR count). The van der Waals surface area contributed by atoms with Crippen molar-refractivity contribution in [2.75, 3.05) is 13.7 Å². The van der Waals surface area contributed by atoms with E-state index < -0.39 is 18.1 Å². The Bertz CT molecular complexity index is 780. The summed E-state index contributed by atoms with van der Waals surface area (Å²) in [4.78, 5) is 35.1. The van der Waals surface area contributed by atoms with Crippen molar-refractivity contribution in [3.05, 3.63) is 47.8 Å². The lowest BCUT2D eigenvalue weighted by atomic mass is 10.1. The molecule has 1 fully saturated rings. The van der Waals surface area contributed by atoms with E-state index in [1.54, 1.807) is 18.2 Å². The third-order valence-electron chi connectivity index (χ3n) is 5.04. The maximum absolute atomic E-state index is 13.1. The van der Waals surface area contributed by atoms with Gasteiger partial charge in [-0.3, -0.25) is 9.69 Å². The number of methoxy groups -OCH3 is 1. The zero-order valence-corrected chi connectivity index (χ0v) is 17.0. The SMILES string of the molecule is C=CCCC(NC(=O)C1CCCN1)C(=O)OC.O=C(O)N1Cc2cccc(F)c2C1. The Hall–Kier alpha value is -2.94. The van der Waals surface area contributed by atoms with Crippen molar-refractivity contribution in [2.24, 2.45) is 0 Å². The van der Waals surface area contributed by atoms with Crippen LogP contribution in [0, 0.1) is 5.82 Å². The summed E-state index contributed by atoms with van der Waals surface area (Å²) in [7, 11) is 1.32. The Morgan fingerprint density at radius 3 is 2.77 bits per heavy atom. The Morgan fingerprint density at radius 2 is 2.20 bits per heavy atom. The minimum absolute atomic E-state index is 0.123. The summed E-state index contributed by atoms with van der Waals surface area (Å²) >= 11 is 0. The molecule has 2 atom stereocenters. The first kappa shape index (κ1) is 23.3. The average Bonchev–Trinajstić information content (AvgIpc) is 3.41. The lowest BCUT2D eigenvalue weighted by Gasteiger charge is -2.18. The highest BCUT2D eigenvalue weighted by atomic mass is 19.1. The average molecular weight is 421 g/mol. The van der Waals surface area contributed by atoms with Crippen LogP contribution in [0.5, 0.6) is 0 Å². The van der Waals surface area contributed by atoms with Gasteiger partial charge in [-0.15, -0.1) is 6.58 Å². The molecule has 1 aromatic rings. The summed E-state index contributed by atoms with van der Waals surface area (Å²) in [6.07, 6.45) is 3.72. The highest BCUT2D eigenvalue weighted by Crippen LogP contribution is 2.24. The third-order valence-corrected chi connectivity index (χ3v) is 5.04. The van der Waals surface area contributed by atoms with Crippen LogP contribution in [0.3, 0.4) is 0 Å². The van der Waals surface area contributed by atoms with E-state index in [1.165, 1.54) is 18.1 Å². The van der Waals surface area contributed by atoms with Crippen molar-refractivity contribution in [1.82, 2.24) is 15.5 Å². The molecule has 2 aliphatic rings. The molecular weight excluding hydrogens is 393 g/mol. The molecule has 0 saturated carbocycles. The van der Waals surface area contributed by atoms with E-state index in [4.69, 9.17) is 5.11 Å². The van der Waals surface area contributed by atoms with E-state index in [1.807, 2.05) is 0 Å². The van der Waals surface area contributed by atoms with Crippen molar-refractivity contribution in [3.8, 4) is 0 Å². The number of benzene rings is 1. The Labute approximate surface area is 175 Å². The van der Waals surface area contributed by atoms with Crippen LogP contribution in [0.4, 0.5) is 9.18 Å². The fraction of sp³-hybridized carbons (Fsp3) is 0.476. The first-order valence-corrected chi connectivity index (χ1v) is 9.84. The summed E-state index contributed by atoms with van der Waals surface area (Å²) in [5, 5.41) is 14.5. The minimum Gasteiger partial charge on any atom is -0.467 e. The van der Waals surface area contributed by atoms with Gasteiger partial charge in [-0.1, -0.05) is 18.2 Å². The van der Waals surface area contributed by atoms with Gasteiger partial charge in [-0.2, -0.15) is 0 Å². The third kappa shape index (κ3) is 6.28. The number of halogens is 1. The summed E-state index contributed by atoms with van der Waals surface area (Å²) in [5.41, 5.74) is 1.27. The Balaban J connectivity index is 0.000000220. The van der Waals surface area contributed by atoms with Gasteiger partial charge in [0, 0.05) is 12.1 Å².